The first-order chi connectivity index (χ1) is 5.91. The summed E-state index contributed by atoms with van der Waals surface area (Å²) in [6, 6.07) is -0.834. The van der Waals surface area contributed by atoms with E-state index in [0.717, 1.165) is 0 Å². The van der Waals surface area contributed by atoms with Gasteiger partial charge in [0.15, 0.2) is 0 Å². The highest BCUT2D eigenvalue weighted by Gasteiger charge is 2.39. The van der Waals surface area contributed by atoms with E-state index in [2.05, 4.69) is 0 Å². The van der Waals surface area contributed by atoms with E-state index in [0.29, 0.717) is 0 Å². The predicted molar refractivity (Wildman–Crippen MR) is 38.7 cm³/mol. The van der Waals surface area contributed by atoms with Crippen LogP contribution in [0.25, 0.3) is 0 Å². The third kappa shape index (κ3) is 4.69. The molecule has 0 radical (unpaired) electrons. The van der Waals surface area contributed by atoms with Crippen molar-refractivity contribution in [1.29, 1.82) is 0 Å². The molecular weight excluding hydrogens is 189 g/mol. The van der Waals surface area contributed by atoms with Crippen molar-refractivity contribution in [2.24, 2.45) is 5.73 Å². The van der Waals surface area contributed by atoms with Gasteiger partial charge in [-0.15, -0.1) is 0 Å². The summed E-state index contributed by atoms with van der Waals surface area (Å²) in [6.45, 7) is -0.456. The molecule has 0 rings (SSSR count). The number of nitrogens with two attached hydrogens (primary N) is 1. The van der Waals surface area contributed by atoms with Crippen LogP contribution in [-0.2, 0) is 4.79 Å². The highest BCUT2D eigenvalue weighted by Crippen LogP contribution is 2.14. The Morgan fingerprint density at radius 3 is 2.38 bits per heavy atom. The summed E-state index contributed by atoms with van der Waals surface area (Å²) in [4.78, 5) is 10.3. The van der Waals surface area contributed by atoms with Gasteiger partial charge in [-0.05, 0) is 6.42 Å². The van der Waals surface area contributed by atoms with Crippen molar-refractivity contribution in [1.82, 2.24) is 5.32 Å². The fourth-order valence-electron chi connectivity index (χ4n) is 0.672. The molecule has 0 aromatic rings. The fourth-order valence-corrected chi connectivity index (χ4v) is 0.672. The first kappa shape index (κ1) is 12.2. The minimum Gasteiger partial charge on any atom is -0.396 e. The molecule has 0 heterocycles. The summed E-state index contributed by atoms with van der Waals surface area (Å²) in [6.07, 6.45) is -4.89. The molecule has 13 heavy (non-hydrogen) atoms. The van der Waals surface area contributed by atoms with Crippen molar-refractivity contribution in [2.75, 3.05) is 13.2 Å². The molecule has 0 spiro atoms. The van der Waals surface area contributed by atoms with Gasteiger partial charge in [-0.2, -0.15) is 13.2 Å². The van der Waals surface area contributed by atoms with Crippen molar-refractivity contribution in [3.63, 3.8) is 0 Å². The maximum Gasteiger partial charge on any atom is 0.471 e. The minimum atomic E-state index is -4.90. The maximum absolute atomic E-state index is 11.7. The van der Waals surface area contributed by atoms with Crippen molar-refractivity contribution < 1.29 is 23.1 Å². The average Bonchev–Trinajstić information content (AvgIpc) is 2.01. The van der Waals surface area contributed by atoms with Crippen LogP contribution in [0, 0.1) is 0 Å². The third-order valence-electron chi connectivity index (χ3n) is 1.35. The van der Waals surface area contributed by atoms with Gasteiger partial charge in [0.05, 0.1) is 0 Å². The molecule has 0 fully saturated rings. The van der Waals surface area contributed by atoms with E-state index in [1.165, 1.54) is 0 Å². The molecule has 0 aliphatic heterocycles. The van der Waals surface area contributed by atoms with E-state index in [1.807, 2.05) is 0 Å². The number of hydrogen-bond donors (Lipinski definition) is 3. The van der Waals surface area contributed by atoms with Crippen LogP contribution in [0.3, 0.4) is 0 Å². The molecule has 0 aromatic carbocycles. The second-order valence-corrected chi connectivity index (χ2v) is 2.42. The van der Waals surface area contributed by atoms with E-state index < -0.39 is 18.1 Å². The lowest BCUT2D eigenvalue weighted by Crippen LogP contribution is -2.46. The summed E-state index contributed by atoms with van der Waals surface area (Å²) < 4.78 is 35.0. The molecule has 1 amide bonds. The van der Waals surface area contributed by atoms with Crippen molar-refractivity contribution >= 4 is 5.91 Å². The zero-order valence-corrected chi connectivity index (χ0v) is 6.77. The Kier molecular flexibility index (Phi) is 4.71. The zero-order valence-electron chi connectivity index (χ0n) is 6.77. The Balaban J connectivity index is 4.01. The van der Waals surface area contributed by atoms with Crippen LogP contribution >= 0.6 is 0 Å². The molecule has 7 heteroatoms. The predicted octanol–water partition coefficient (Wildman–Crippen LogP) is -0.625. The fraction of sp³-hybridized carbons (Fsp3) is 0.833. The van der Waals surface area contributed by atoms with Crippen molar-refractivity contribution in [3.05, 3.63) is 0 Å². The average molecular weight is 200 g/mol. The molecular formula is C6H11F3N2O2. The molecule has 1 unspecified atom stereocenters. The maximum atomic E-state index is 11.7. The van der Waals surface area contributed by atoms with Gasteiger partial charge in [0.1, 0.15) is 0 Å². The number of carbonyl (C=O) groups excluding carboxylic acids is 1. The van der Waals surface area contributed by atoms with Gasteiger partial charge in [-0.1, -0.05) is 0 Å². The van der Waals surface area contributed by atoms with Crippen molar-refractivity contribution in [3.8, 4) is 0 Å². The first-order valence-electron chi connectivity index (χ1n) is 3.60. The smallest absolute Gasteiger partial charge is 0.396 e. The van der Waals surface area contributed by atoms with Crippen LogP contribution in [0.5, 0.6) is 0 Å². The number of halogens is 3. The quantitative estimate of drug-likeness (QED) is 0.565. The zero-order chi connectivity index (χ0) is 10.5. The van der Waals surface area contributed by atoms with E-state index in [4.69, 9.17) is 10.8 Å². The van der Waals surface area contributed by atoms with Crippen molar-refractivity contribution in [2.45, 2.75) is 18.6 Å². The van der Waals surface area contributed by atoms with Crippen LogP contribution in [0.1, 0.15) is 6.42 Å². The molecule has 0 aromatic heterocycles. The van der Waals surface area contributed by atoms with Gasteiger partial charge in [-0.3, -0.25) is 4.79 Å². The summed E-state index contributed by atoms with van der Waals surface area (Å²) in [7, 11) is 0. The number of aliphatic hydroxyl groups excluding tert-OH is 1. The summed E-state index contributed by atoms with van der Waals surface area (Å²) in [5, 5.41) is 10.1. The second kappa shape index (κ2) is 5.03. The molecule has 0 aliphatic rings. The lowest BCUT2D eigenvalue weighted by Gasteiger charge is -2.16. The van der Waals surface area contributed by atoms with Gasteiger partial charge in [0.25, 0.3) is 0 Å². The minimum absolute atomic E-state index is 0.0122. The number of nitrogens with one attached hydrogen (secondary N) is 1. The Labute approximate surface area is 72.9 Å². The Hall–Kier alpha value is -0.820. The third-order valence-corrected chi connectivity index (χ3v) is 1.35. The van der Waals surface area contributed by atoms with Gasteiger partial charge >= 0.3 is 12.1 Å². The normalized spacial score (nSPS) is 13.9. The van der Waals surface area contributed by atoms with Gasteiger partial charge in [0, 0.05) is 19.2 Å². The standard InChI is InChI=1S/C6H11F3N2O2/c7-6(8,9)5(13)11-4(3-10)1-2-12/h4,12H,1-3,10H2,(H,11,13). The van der Waals surface area contributed by atoms with E-state index in [9.17, 15) is 18.0 Å². The first-order valence-corrected chi connectivity index (χ1v) is 3.60. The molecule has 1 atom stereocenters. The number of hydrogen-bond acceptors (Lipinski definition) is 3. The number of amides is 1. The summed E-state index contributed by atoms with van der Waals surface area (Å²) >= 11 is 0. The Morgan fingerprint density at radius 1 is 1.54 bits per heavy atom. The number of alkyl halides is 3. The monoisotopic (exact) mass is 200 g/mol. The molecule has 0 saturated carbocycles. The van der Waals surface area contributed by atoms with Crippen LogP contribution < -0.4 is 11.1 Å². The van der Waals surface area contributed by atoms with Crippen LogP contribution in [0.2, 0.25) is 0 Å². The van der Waals surface area contributed by atoms with Crippen LogP contribution in [0.15, 0.2) is 0 Å². The number of aliphatic hydroxyl groups is 1. The molecule has 0 aliphatic carbocycles. The molecule has 4 nitrogen and oxygen atoms in total. The highest BCUT2D eigenvalue weighted by atomic mass is 19.4. The van der Waals surface area contributed by atoms with E-state index in [-0.39, 0.29) is 19.6 Å². The van der Waals surface area contributed by atoms with E-state index >= 15 is 0 Å². The van der Waals surface area contributed by atoms with Gasteiger partial charge in [0.2, 0.25) is 0 Å². The Morgan fingerprint density at radius 2 is 2.08 bits per heavy atom. The van der Waals surface area contributed by atoms with Gasteiger partial charge in [-0.25, -0.2) is 0 Å². The largest absolute Gasteiger partial charge is 0.471 e. The topological polar surface area (TPSA) is 75.3 Å². The molecule has 0 saturated heterocycles. The van der Waals surface area contributed by atoms with E-state index in [1.54, 1.807) is 5.32 Å². The molecule has 0 bridgehead atoms. The van der Waals surface area contributed by atoms with Crippen LogP contribution in [0.4, 0.5) is 13.2 Å². The molecule has 4 N–H and O–H groups in total. The number of carbonyl (C=O) groups is 1. The summed E-state index contributed by atoms with van der Waals surface area (Å²) in [5.74, 6) is -2.03. The number of rotatable bonds is 4. The lowest BCUT2D eigenvalue weighted by atomic mass is 10.2. The summed E-state index contributed by atoms with van der Waals surface area (Å²) in [5.41, 5.74) is 5.06. The van der Waals surface area contributed by atoms with Crippen LogP contribution in [-0.4, -0.2) is 36.4 Å². The second-order valence-electron chi connectivity index (χ2n) is 2.42. The SMILES string of the molecule is NCC(CCO)NC(=O)C(F)(F)F. The Bertz CT molecular complexity index is 172. The highest BCUT2D eigenvalue weighted by molar-refractivity contribution is 5.81. The molecule has 78 valence electrons. The lowest BCUT2D eigenvalue weighted by molar-refractivity contribution is -0.174. The van der Waals surface area contributed by atoms with Gasteiger partial charge < -0.3 is 16.2 Å².